The summed E-state index contributed by atoms with van der Waals surface area (Å²) in [5.74, 6) is -0.692. The molecule has 0 radical (unpaired) electrons. The van der Waals surface area contributed by atoms with Crippen LogP contribution in [0.3, 0.4) is 0 Å². The predicted octanol–water partition coefficient (Wildman–Crippen LogP) is 5.20. The van der Waals surface area contributed by atoms with Crippen LogP contribution in [0.25, 0.3) is 0 Å². The van der Waals surface area contributed by atoms with Gasteiger partial charge in [-0.2, -0.15) is 0 Å². The molecule has 0 aliphatic carbocycles. The number of carbonyl (C=O) groups is 2. The van der Waals surface area contributed by atoms with Crippen LogP contribution in [0.15, 0.2) is 59.7 Å². The maximum atomic E-state index is 14.9. The summed E-state index contributed by atoms with van der Waals surface area (Å²) < 4.78 is 14.9. The number of nitrogens with zero attached hydrogens (tertiary/aromatic N) is 3. The third-order valence-electron chi connectivity index (χ3n) is 5.97. The van der Waals surface area contributed by atoms with Crippen LogP contribution in [0.4, 0.5) is 10.1 Å². The number of anilines is 1. The van der Waals surface area contributed by atoms with E-state index in [1.807, 2.05) is 24.9 Å². The average Bonchev–Trinajstić information content (AvgIpc) is 3.29. The number of halogens is 2. The Morgan fingerprint density at radius 3 is 2.60 bits per heavy atom. The highest BCUT2D eigenvalue weighted by molar-refractivity contribution is 6.30. The normalized spacial score (nSPS) is 13.0. The highest BCUT2D eigenvalue weighted by Crippen LogP contribution is 2.23. The molecule has 1 aromatic heterocycles. The van der Waals surface area contributed by atoms with Gasteiger partial charge in [-0.15, -0.1) is 0 Å². The molecule has 6 nitrogen and oxygen atoms in total. The standard InChI is InChI=1S/C27H26ClFN4O2/c1-3-17-4-10-24(22(14-17)25(34)11-8-20-7-6-19(28)16-31-20)32-27(35)21-9-5-18(15-23(21)29)26-30-12-13-33(26)2/h4-7,9-10,14-16H,3,8,11-13H2,1-2H3,(H,32,35). The van der Waals surface area contributed by atoms with Gasteiger partial charge in [-0.1, -0.05) is 30.7 Å². The van der Waals surface area contributed by atoms with Crippen molar-refractivity contribution >= 4 is 34.8 Å². The Morgan fingerprint density at radius 2 is 1.94 bits per heavy atom. The van der Waals surface area contributed by atoms with Crippen LogP contribution in [0, 0.1) is 5.82 Å². The molecular weight excluding hydrogens is 467 g/mol. The van der Waals surface area contributed by atoms with Gasteiger partial charge in [0.1, 0.15) is 11.7 Å². The van der Waals surface area contributed by atoms with Crippen molar-refractivity contribution in [3.8, 4) is 0 Å². The molecule has 35 heavy (non-hydrogen) atoms. The monoisotopic (exact) mass is 492 g/mol. The molecule has 0 spiro atoms. The van der Waals surface area contributed by atoms with Gasteiger partial charge in [-0.3, -0.25) is 19.6 Å². The summed E-state index contributed by atoms with van der Waals surface area (Å²) in [5.41, 5.74) is 2.99. The molecule has 1 N–H and O–H groups in total. The number of aromatic nitrogens is 1. The Morgan fingerprint density at radius 1 is 1.11 bits per heavy atom. The van der Waals surface area contributed by atoms with Crippen LogP contribution >= 0.6 is 11.6 Å². The summed E-state index contributed by atoms with van der Waals surface area (Å²) in [4.78, 5) is 36.6. The first-order valence-electron chi connectivity index (χ1n) is 11.5. The van der Waals surface area contributed by atoms with E-state index in [0.717, 1.165) is 24.2 Å². The zero-order chi connectivity index (χ0) is 24.9. The summed E-state index contributed by atoms with van der Waals surface area (Å²) in [6.07, 6.45) is 2.93. The summed E-state index contributed by atoms with van der Waals surface area (Å²) in [7, 11) is 1.89. The van der Waals surface area contributed by atoms with Gasteiger partial charge in [0.15, 0.2) is 5.78 Å². The zero-order valence-corrected chi connectivity index (χ0v) is 20.4. The number of aliphatic imine (C=N–C) groups is 1. The molecule has 3 aromatic rings. The minimum absolute atomic E-state index is 0.0988. The Labute approximate surface area is 208 Å². The highest BCUT2D eigenvalue weighted by Gasteiger charge is 2.20. The van der Waals surface area contributed by atoms with Crippen molar-refractivity contribution in [1.29, 1.82) is 0 Å². The van der Waals surface area contributed by atoms with Crippen LogP contribution in [0.5, 0.6) is 0 Å². The number of benzene rings is 2. The molecule has 1 amide bonds. The molecule has 180 valence electrons. The van der Waals surface area contributed by atoms with E-state index < -0.39 is 11.7 Å². The minimum Gasteiger partial charge on any atom is -0.358 e. The van der Waals surface area contributed by atoms with E-state index in [-0.39, 0.29) is 17.8 Å². The lowest BCUT2D eigenvalue weighted by molar-refractivity contribution is 0.0983. The lowest BCUT2D eigenvalue weighted by Crippen LogP contribution is -2.24. The number of hydrogen-bond acceptors (Lipinski definition) is 5. The quantitative estimate of drug-likeness (QED) is 0.439. The van der Waals surface area contributed by atoms with E-state index in [1.165, 1.54) is 12.1 Å². The van der Waals surface area contributed by atoms with Gasteiger partial charge < -0.3 is 10.2 Å². The SMILES string of the molecule is CCc1ccc(NC(=O)c2ccc(C3=NCCN3C)cc2F)c(C(=O)CCc2ccc(Cl)cn2)c1. The number of aryl methyl sites for hydroxylation is 2. The fourth-order valence-electron chi connectivity index (χ4n) is 3.95. The van der Waals surface area contributed by atoms with E-state index in [9.17, 15) is 14.0 Å². The molecule has 0 bridgehead atoms. The van der Waals surface area contributed by atoms with Gasteiger partial charge in [0.25, 0.3) is 5.91 Å². The number of ketones is 1. The van der Waals surface area contributed by atoms with Gasteiger partial charge in [0.05, 0.1) is 22.8 Å². The fraction of sp³-hybridized carbons (Fsp3) is 0.259. The lowest BCUT2D eigenvalue weighted by Gasteiger charge is -2.15. The Hall–Kier alpha value is -3.58. The first-order chi connectivity index (χ1) is 16.9. The molecule has 1 aliphatic rings. The smallest absolute Gasteiger partial charge is 0.258 e. The average molecular weight is 493 g/mol. The third-order valence-corrected chi connectivity index (χ3v) is 6.19. The maximum Gasteiger partial charge on any atom is 0.258 e. The fourth-order valence-corrected chi connectivity index (χ4v) is 4.07. The maximum absolute atomic E-state index is 14.9. The van der Waals surface area contributed by atoms with E-state index in [0.29, 0.717) is 40.6 Å². The zero-order valence-electron chi connectivity index (χ0n) is 19.6. The van der Waals surface area contributed by atoms with Crippen LogP contribution in [0.1, 0.15) is 50.9 Å². The van der Waals surface area contributed by atoms with Gasteiger partial charge in [-0.25, -0.2) is 4.39 Å². The molecule has 0 fully saturated rings. The number of amidine groups is 1. The van der Waals surface area contributed by atoms with Gasteiger partial charge in [0.2, 0.25) is 0 Å². The predicted molar refractivity (Wildman–Crippen MR) is 136 cm³/mol. The van der Waals surface area contributed by atoms with Crippen LogP contribution in [-0.4, -0.2) is 47.5 Å². The summed E-state index contributed by atoms with van der Waals surface area (Å²) >= 11 is 5.88. The number of likely N-dealkylation sites (N-methyl/N-ethyl adjacent to an activating group) is 1. The van der Waals surface area contributed by atoms with E-state index in [2.05, 4.69) is 15.3 Å². The molecule has 2 aromatic carbocycles. The number of pyridine rings is 1. The van der Waals surface area contributed by atoms with E-state index >= 15 is 0 Å². The van der Waals surface area contributed by atoms with Crippen LogP contribution in [0.2, 0.25) is 5.02 Å². The molecule has 2 heterocycles. The van der Waals surface area contributed by atoms with Crippen LogP contribution < -0.4 is 5.32 Å². The Kier molecular flexibility index (Phi) is 7.56. The van der Waals surface area contributed by atoms with Crippen molar-refractivity contribution in [2.75, 3.05) is 25.5 Å². The van der Waals surface area contributed by atoms with E-state index in [4.69, 9.17) is 11.6 Å². The van der Waals surface area contributed by atoms with Gasteiger partial charge in [0, 0.05) is 43.0 Å². The largest absolute Gasteiger partial charge is 0.358 e. The van der Waals surface area contributed by atoms with Crippen LogP contribution in [-0.2, 0) is 12.8 Å². The molecule has 4 rings (SSSR count). The summed E-state index contributed by atoms with van der Waals surface area (Å²) in [5, 5.41) is 3.26. The third kappa shape index (κ3) is 5.74. The van der Waals surface area contributed by atoms with Crippen molar-refractivity contribution < 1.29 is 14.0 Å². The molecule has 0 unspecified atom stereocenters. The van der Waals surface area contributed by atoms with Crippen molar-refractivity contribution in [2.45, 2.75) is 26.2 Å². The second kappa shape index (κ2) is 10.8. The Bertz CT molecular complexity index is 1290. The van der Waals surface area contributed by atoms with Crippen molar-refractivity contribution in [2.24, 2.45) is 4.99 Å². The minimum atomic E-state index is -0.644. The van der Waals surface area contributed by atoms with Crippen molar-refractivity contribution in [3.63, 3.8) is 0 Å². The number of Topliss-reactive ketones (excluding diaryl/α,β-unsaturated/α-hetero) is 1. The van der Waals surface area contributed by atoms with Gasteiger partial charge in [-0.05, 0) is 54.8 Å². The number of rotatable bonds is 8. The topological polar surface area (TPSA) is 74.7 Å². The van der Waals surface area contributed by atoms with Crippen molar-refractivity contribution in [3.05, 3.63) is 93.5 Å². The van der Waals surface area contributed by atoms with Crippen molar-refractivity contribution in [1.82, 2.24) is 9.88 Å². The molecule has 0 saturated heterocycles. The molecular formula is C27H26ClFN4O2. The second-order valence-corrected chi connectivity index (χ2v) is 8.84. The first kappa shape index (κ1) is 24.5. The number of hydrogen-bond donors (Lipinski definition) is 1. The molecule has 0 atom stereocenters. The Balaban J connectivity index is 1.53. The lowest BCUT2D eigenvalue weighted by atomic mass is 9.99. The molecule has 8 heteroatoms. The summed E-state index contributed by atoms with van der Waals surface area (Å²) in [6.45, 7) is 3.43. The molecule has 0 saturated carbocycles. The van der Waals surface area contributed by atoms with Gasteiger partial charge >= 0.3 is 0 Å². The second-order valence-electron chi connectivity index (χ2n) is 8.40. The highest BCUT2D eigenvalue weighted by atomic mass is 35.5. The first-order valence-corrected chi connectivity index (χ1v) is 11.9. The molecule has 1 aliphatic heterocycles. The summed E-state index contributed by atoms with van der Waals surface area (Å²) in [6, 6.07) is 13.3. The number of carbonyl (C=O) groups excluding carboxylic acids is 2. The number of amides is 1. The number of nitrogens with one attached hydrogen (secondary N) is 1. The van der Waals surface area contributed by atoms with E-state index in [1.54, 1.807) is 36.5 Å².